The Morgan fingerprint density at radius 2 is 2.09 bits per heavy atom. The number of halogens is 1. The van der Waals surface area contributed by atoms with E-state index in [2.05, 4.69) is 25.6 Å². The molecule has 0 aliphatic carbocycles. The zero-order valence-electron chi connectivity index (χ0n) is 6.47. The van der Waals surface area contributed by atoms with E-state index < -0.39 is 8.11 Å². The van der Waals surface area contributed by atoms with Crippen LogP contribution in [0.3, 0.4) is 0 Å². The van der Waals surface area contributed by atoms with Crippen LogP contribution in [0.15, 0.2) is 36.5 Å². The highest BCUT2D eigenvalue weighted by molar-refractivity contribution is 7.17. The summed E-state index contributed by atoms with van der Waals surface area (Å²) < 4.78 is 0. The van der Waals surface area contributed by atoms with Crippen molar-refractivity contribution in [2.75, 3.05) is 0 Å². The van der Waals surface area contributed by atoms with Crippen molar-refractivity contribution in [3.05, 3.63) is 42.1 Å². The molecule has 0 atom stereocenters. The third-order valence-electron chi connectivity index (χ3n) is 1.58. The summed E-state index contributed by atoms with van der Waals surface area (Å²) in [5.74, 6) is 0. The Balaban J connectivity index is 3.02. The lowest BCUT2D eigenvalue weighted by molar-refractivity contribution is 1.51. The summed E-state index contributed by atoms with van der Waals surface area (Å²) in [6.45, 7) is 5.77. The Kier molecular flexibility index (Phi) is 2.91. The van der Waals surface area contributed by atoms with Crippen LogP contribution in [0.1, 0.15) is 5.56 Å². The molecule has 1 aromatic rings. The molecule has 0 unspecified atom stereocenters. The van der Waals surface area contributed by atoms with Crippen molar-refractivity contribution < 1.29 is 0 Å². The molecular formula is C9H10ClSi. The smallest absolute Gasteiger partial charge is 0.157 e. The van der Waals surface area contributed by atoms with E-state index in [1.807, 2.05) is 17.8 Å². The second kappa shape index (κ2) is 3.74. The maximum atomic E-state index is 6.08. The molecular weight excluding hydrogens is 172 g/mol. The zero-order chi connectivity index (χ0) is 8.27. The first kappa shape index (κ1) is 8.56. The van der Waals surface area contributed by atoms with Crippen molar-refractivity contribution in [2.45, 2.75) is 6.92 Å². The average molecular weight is 182 g/mol. The minimum absolute atomic E-state index is 1.00. The molecule has 0 saturated carbocycles. The summed E-state index contributed by atoms with van der Waals surface area (Å²) in [7, 11) is -1.00. The van der Waals surface area contributed by atoms with Crippen molar-refractivity contribution in [1.29, 1.82) is 0 Å². The van der Waals surface area contributed by atoms with Crippen LogP contribution in [-0.2, 0) is 0 Å². The first-order valence-corrected chi connectivity index (χ1v) is 6.05. The van der Waals surface area contributed by atoms with Gasteiger partial charge in [0.1, 0.15) is 0 Å². The minimum atomic E-state index is -1.00. The van der Waals surface area contributed by atoms with E-state index in [0.717, 1.165) is 0 Å². The van der Waals surface area contributed by atoms with E-state index in [4.69, 9.17) is 11.1 Å². The third kappa shape index (κ3) is 1.95. The molecule has 1 radical (unpaired) electrons. The number of hydrogen-bond acceptors (Lipinski definition) is 0. The monoisotopic (exact) mass is 181 g/mol. The highest BCUT2D eigenvalue weighted by atomic mass is 35.6. The van der Waals surface area contributed by atoms with E-state index in [0.29, 0.717) is 0 Å². The second-order valence-electron chi connectivity index (χ2n) is 2.37. The number of hydrogen-bond donors (Lipinski definition) is 0. The lowest BCUT2D eigenvalue weighted by atomic mass is 10.2. The molecule has 11 heavy (non-hydrogen) atoms. The lowest BCUT2D eigenvalue weighted by Gasteiger charge is -2.04. The summed E-state index contributed by atoms with van der Waals surface area (Å²) in [5, 5.41) is 1.24. The molecule has 2 heteroatoms. The fraction of sp³-hybridized carbons (Fsp3) is 0.111. The van der Waals surface area contributed by atoms with Gasteiger partial charge in [0.25, 0.3) is 0 Å². The van der Waals surface area contributed by atoms with Crippen LogP contribution in [0.4, 0.5) is 0 Å². The fourth-order valence-corrected chi connectivity index (χ4v) is 2.52. The van der Waals surface area contributed by atoms with E-state index in [1.165, 1.54) is 10.8 Å². The van der Waals surface area contributed by atoms with Gasteiger partial charge < -0.3 is 0 Å². The maximum Gasteiger partial charge on any atom is 0.226 e. The van der Waals surface area contributed by atoms with Gasteiger partial charge in [-0.15, -0.1) is 6.58 Å². The molecule has 0 spiro atoms. The number of benzene rings is 1. The van der Waals surface area contributed by atoms with Crippen LogP contribution in [0.5, 0.6) is 0 Å². The third-order valence-corrected chi connectivity index (χ3v) is 4.09. The molecule has 0 aliphatic heterocycles. The van der Waals surface area contributed by atoms with Gasteiger partial charge in [-0.2, -0.15) is 11.1 Å². The van der Waals surface area contributed by atoms with Crippen molar-refractivity contribution in [3.63, 3.8) is 0 Å². The molecule has 57 valence electrons. The first-order chi connectivity index (χ1) is 5.25. The molecule has 0 nitrogen and oxygen atoms in total. The Morgan fingerprint density at radius 3 is 2.64 bits per heavy atom. The summed E-state index contributed by atoms with van der Waals surface area (Å²) in [6.07, 6.45) is 0. The number of rotatable bonds is 2. The van der Waals surface area contributed by atoms with Gasteiger partial charge in [0.15, 0.2) is 0 Å². The van der Waals surface area contributed by atoms with Gasteiger partial charge in [-0.05, 0) is 12.1 Å². The van der Waals surface area contributed by atoms with Crippen molar-refractivity contribution in [2.24, 2.45) is 0 Å². The quantitative estimate of drug-likeness (QED) is 0.485. The van der Waals surface area contributed by atoms with Gasteiger partial charge in [0, 0.05) is 0 Å². The normalized spacial score (nSPS) is 10.1. The lowest BCUT2D eigenvalue weighted by Crippen LogP contribution is -2.24. The largest absolute Gasteiger partial charge is 0.226 e. The summed E-state index contributed by atoms with van der Waals surface area (Å²) in [5.41, 5.74) is 3.10. The predicted octanol–water partition coefficient (Wildman–Crippen LogP) is 2.16. The van der Waals surface area contributed by atoms with Crippen LogP contribution < -0.4 is 5.19 Å². The van der Waals surface area contributed by atoms with Crippen LogP contribution in [0.25, 0.3) is 0 Å². The standard InChI is InChI=1S/C9H10ClSi/c1-3-11(10)9-7-5-4-6-8(9)2/h3-7H,1H2,2H3. The van der Waals surface area contributed by atoms with Gasteiger partial charge in [0.05, 0.1) is 0 Å². The molecule has 0 heterocycles. The molecule has 0 bridgehead atoms. The highest BCUT2D eigenvalue weighted by Gasteiger charge is 2.07. The summed E-state index contributed by atoms with van der Waals surface area (Å²) in [6, 6.07) is 8.18. The van der Waals surface area contributed by atoms with Crippen LogP contribution in [0, 0.1) is 6.92 Å². The van der Waals surface area contributed by atoms with E-state index in [-0.39, 0.29) is 0 Å². The van der Waals surface area contributed by atoms with Crippen molar-refractivity contribution in [3.8, 4) is 0 Å². The summed E-state index contributed by atoms with van der Waals surface area (Å²) in [4.78, 5) is 0. The topological polar surface area (TPSA) is 0 Å². The van der Waals surface area contributed by atoms with Crippen LogP contribution in [-0.4, -0.2) is 8.11 Å². The van der Waals surface area contributed by atoms with E-state index in [9.17, 15) is 0 Å². The number of aryl methyl sites for hydroxylation is 1. The molecule has 1 aromatic carbocycles. The molecule has 0 aliphatic rings. The molecule has 1 rings (SSSR count). The van der Waals surface area contributed by atoms with Crippen molar-refractivity contribution >= 4 is 24.4 Å². The van der Waals surface area contributed by atoms with E-state index in [1.54, 1.807) is 0 Å². The van der Waals surface area contributed by atoms with Gasteiger partial charge >= 0.3 is 0 Å². The fourth-order valence-electron chi connectivity index (χ4n) is 0.951. The SMILES string of the molecule is C=C[Si](Cl)c1ccccc1C. The van der Waals surface area contributed by atoms with Gasteiger partial charge in [-0.3, -0.25) is 0 Å². The minimum Gasteiger partial charge on any atom is -0.157 e. The van der Waals surface area contributed by atoms with Gasteiger partial charge in [0.2, 0.25) is 8.11 Å². The summed E-state index contributed by atoms with van der Waals surface area (Å²) >= 11 is 6.08. The van der Waals surface area contributed by atoms with E-state index >= 15 is 0 Å². The Labute approximate surface area is 73.8 Å². The molecule has 0 saturated heterocycles. The second-order valence-corrected chi connectivity index (χ2v) is 5.23. The molecule has 0 N–H and O–H groups in total. The van der Waals surface area contributed by atoms with Crippen LogP contribution >= 0.6 is 11.1 Å². The Morgan fingerprint density at radius 1 is 1.45 bits per heavy atom. The maximum absolute atomic E-state index is 6.08. The first-order valence-electron chi connectivity index (χ1n) is 3.46. The molecule has 0 aromatic heterocycles. The average Bonchev–Trinajstić information content (AvgIpc) is 2.04. The predicted molar refractivity (Wildman–Crippen MR) is 52.6 cm³/mol. The Hall–Kier alpha value is -0.533. The van der Waals surface area contributed by atoms with Crippen molar-refractivity contribution in [1.82, 2.24) is 0 Å². The van der Waals surface area contributed by atoms with Gasteiger partial charge in [-0.1, -0.05) is 35.5 Å². The zero-order valence-corrected chi connectivity index (χ0v) is 8.23. The van der Waals surface area contributed by atoms with Crippen LogP contribution in [0.2, 0.25) is 0 Å². The Bertz CT molecular complexity index is 257. The highest BCUT2D eigenvalue weighted by Crippen LogP contribution is 1.99. The van der Waals surface area contributed by atoms with Gasteiger partial charge in [-0.25, -0.2) is 0 Å². The molecule has 0 amide bonds. The molecule has 0 fully saturated rings.